The summed E-state index contributed by atoms with van der Waals surface area (Å²) < 4.78 is 14.6. The van der Waals surface area contributed by atoms with Crippen molar-refractivity contribution in [2.75, 3.05) is 11.9 Å². The van der Waals surface area contributed by atoms with Gasteiger partial charge in [0.05, 0.1) is 6.61 Å². The summed E-state index contributed by atoms with van der Waals surface area (Å²) in [5.74, 6) is 2.07. The molecule has 29 heavy (non-hydrogen) atoms. The predicted octanol–water partition coefficient (Wildman–Crippen LogP) is 4.74. The van der Waals surface area contributed by atoms with Crippen molar-refractivity contribution in [1.29, 1.82) is 0 Å². The van der Waals surface area contributed by atoms with Crippen molar-refractivity contribution in [3.63, 3.8) is 0 Å². The maximum Gasteiger partial charge on any atom is 0.243 e. The number of hydrogen-bond donors (Lipinski definition) is 1. The molecule has 0 aliphatic heterocycles. The molecule has 0 saturated heterocycles. The van der Waals surface area contributed by atoms with Crippen LogP contribution < -0.4 is 14.8 Å². The molecule has 0 saturated carbocycles. The van der Waals surface area contributed by atoms with E-state index < -0.39 is 0 Å². The molecule has 8 heteroatoms. The molecular formula is C21H26BrN5O2. The third-order valence-corrected chi connectivity index (χ3v) is 5.07. The van der Waals surface area contributed by atoms with E-state index in [1.807, 2.05) is 19.1 Å². The van der Waals surface area contributed by atoms with Gasteiger partial charge in [0, 0.05) is 17.6 Å². The van der Waals surface area contributed by atoms with E-state index >= 15 is 0 Å². The standard InChI is InChI=1S/C21H26BrN5O2/c1-4-10-27-21(24-25-26-27)23-13-17-11-19(28-5-2)20(12-18(17)22)29-14-16-8-6-15(3)7-9-16/h6-9,11-12H,4-5,10,13-14H2,1-3H3,(H,23,24,26). The number of nitrogens with one attached hydrogen (secondary N) is 1. The Kier molecular flexibility index (Phi) is 7.46. The molecule has 0 aliphatic carbocycles. The van der Waals surface area contributed by atoms with E-state index in [1.54, 1.807) is 4.68 Å². The summed E-state index contributed by atoms with van der Waals surface area (Å²) in [6.07, 6.45) is 0.963. The van der Waals surface area contributed by atoms with Gasteiger partial charge in [0.25, 0.3) is 0 Å². The van der Waals surface area contributed by atoms with Crippen LogP contribution in [0.1, 0.15) is 37.0 Å². The normalized spacial score (nSPS) is 10.8. The van der Waals surface area contributed by atoms with Crippen molar-refractivity contribution < 1.29 is 9.47 Å². The van der Waals surface area contributed by atoms with Crippen LogP contribution in [0.4, 0.5) is 5.95 Å². The fraction of sp³-hybridized carbons (Fsp3) is 0.381. The third kappa shape index (κ3) is 5.69. The smallest absolute Gasteiger partial charge is 0.243 e. The van der Waals surface area contributed by atoms with Gasteiger partial charge in [-0.1, -0.05) is 57.8 Å². The summed E-state index contributed by atoms with van der Waals surface area (Å²) in [6.45, 7) is 8.49. The molecule has 0 fully saturated rings. The zero-order valence-electron chi connectivity index (χ0n) is 17.0. The average molecular weight is 460 g/mol. The first-order valence-corrected chi connectivity index (χ1v) is 10.5. The van der Waals surface area contributed by atoms with E-state index in [1.165, 1.54) is 5.56 Å². The van der Waals surface area contributed by atoms with Crippen LogP contribution in [-0.4, -0.2) is 26.8 Å². The van der Waals surface area contributed by atoms with Gasteiger partial charge >= 0.3 is 0 Å². The maximum atomic E-state index is 6.04. The van der Waals surface area contributed by atoms with Crippen LogP contribution in [0.25, 0.3) is 0 Å². The van der Waals surface area contributed by atoms with Crippen molar-refractivity contribution in [2.45, 2.75) is 46.9 Å². The van der Waals surface area contributed by atoms with Gasteiger partial charge < -0.3 is 14.8 Å². The molecular weight excluding hydrogens is 434 g/mol. The first-order valence-electron chi connectivity index (χ1n) is 9.74. The van der Waals surface area contributed by atoms with Gasteiger partial charge in [-0.15, -0.1) is 0 Å². The Morgan fingerprint density at radius 3 is 2.55 bits per heavy atom. The van der Waals surface area contributed by atoms with E-state index in [4.69, 9.17) is 9.47 Å². The topological polar surface area (TPSA) is 74.1 Å². The van der Waals surface area contributed by atoms with Crippen LogP contribution in [-0.2, 0) is 19.7 Å². The van der Waals surface area contributed by atoms with E-state index in [9.17, 15) is 0 Å². The highest BCUT2D eigenvalue weighted by Crippen LogP contribution is 2.34. The van der Waals surface area contributed by atoms with Gasteiger partial charge in [0.1, 0.15) is 6.61 Å². The SMILES string of the molecule is CCCn1nnnc1NCc1cc(OCC)c(OCc2ccc(C)cc2)cc1Br. The molecule has 0 spiro atoms. The molecule has 0 amide bonds. The minimum absolute atomic E-state index is 0.482. The second-order valence-corrected chi connectivity index (χ2v) is 7.53. The Morgan fingerprint density at radius 1 is 1.07 bits per heavy atom. The molecule has 3 aromatic rings. The fourth-order valence-electron chi connectivity index (χ4n) is 2.81. The molecule has 0 atom stereocenters. The minimum Gasteiger partial charge on any atom is -0.490 e. The van der Waals surface area contributed by atoms with Gasteiger partial charge in [0.15, 0.2) is 11.5 Å². The van der Waals surface area contributed by atoms with Crippen LogP contribution in [0.15, 0.2) is 40.9 Å². The first kappa shape index (κ1) is 21.1. The highest BCUT2D eigenvalue weighted by atomic mass is 79.9. The fourth-order valence-corrected chi connectivity index (χ4v) is 3.27. The minimum atomic E-state index is 0.482. The zero-order chi connectivity index (χ0) is 20.6. The number of aryl methyl sites for hydroxylation is 2. The summed E-state index contributed by atoms with van der Waals surface area (Å²) in [6, 6.07) is 12.2. The summed E-state index contributed by atoms with van der Waals surface area (Å²) in [4.78, 5) is 0. The quantitative estimate of drug-likeness (QED) is 0.471. The maximum absolute atomic E-state index is 6.04. The van der Waals surface area contributed by atoms with Gasteiger partial charge in [-0.05, 0) is 54.0 Å². The number of anilines is 1. The molecule has 0 bridgehead atoms. The number of halogens is 1. The molecule has 1 aromatic heterocycles. The monoisotopic (exact) mass is 459 g/mol. The van der Waals surface area contributed by atoms with Crippen LogP contribution in [0.5, 0.6) is 11.5 Å². The van der Waals surface area contributed by atoms with Crippen molar-refractivity contribution in [3.05, 3.63) is 57.6 Å². The second kappa shape index (κ2) is 10.2. The summed E-state index contributed by atoms with van der Waals surface area (Å²) in [5.41, 5.74) is 3.37. The van der Waals surface area contributed by atoms with E-state index in [0.717, 1.165) is 28.6 Å². The number of aromatic nitrogens is 4. The number of tetrazole rings is 1. The number of benzene rings is 2. The molecule has 0 unspecified atom stereocenters. The molecule has 7 nitrogen and oxygen atoms in total. The summed E-state index contributed by atoms with van der Waals surface area (Å²) in [7, 11) is 0. The largest absolute Gasteiger partial charge is 0.490 e. The Balaban J connectivity index is 1.72. The Morgan fingerprint density at radius 2 is 1.83 bits per heavy atom. The Bertz CT molecular complexity index is 927. The molecule has 3 rings (SSSR count). The highest BCUT2D eigenvalue weighted by molar-refractivity contribution is 9.10. The second-order valence-electron chi connectivity index (χ2n) is 6.68. The first-order chi connectivity index (χ1) is 14.1. The summed E-state index contributed by atoms with van der Waals surface area (Å²) >= 11 is 3.65. The lowest BCUT2D eigenvalue weighted by Gasteiger charge is -2.16. The molecule has 2 aromatic carbocycles. The van der Waals surface area contributed by atoms with Crippen LogP contribution in [0.3, 0.4) is 0 Å². The molecule has 1 heterocycles. The van der Waals surface area contributed by atoms with Crippen LogP contribution in [0, 0.1) is 6.92 Å². The number of ether oxygens (including phenoxy) is 2. The third-order valence-electron chi connectivity index (χ3n) is 4.33. The van der Waals surface area contributed by atoms with Gasteiger partial charge in [-0.2, -0.15) is 0 Å². The Hall–Kier alpha value is -2.61. The highest BCUT2D eigenvalue weighted by Gasteiger charge is 2.13. The lowest BCUT2D eigenvalue weighted by atomic mass is 10.1. The average Bonchev–Trinajstić information content (AvgIpc) is 3.15. The van der Waals surface area contributed by atoms with Gasteiger partial charge in [-0.3, -0.25) is 0 Å². The van der Waals surface area contributed by atoms with Crippen LogP contribution in [0.2, 0.25) is 0 Å². The van der Waals surface area contributed by atoms with E-state index in [2.05, 4.69) is 74.9 Å². The van der Waals surface area contributed by atoms with Crippen molar-refractivity contribution in [2.24, 2.45) is 0 Å². The van der Waals surface area contributed by atoms with Crippen molar-refractivity contribution in [3.8, 4) is 11.5 Å². The lowest BCUT2D eigenvalue weighted by Crippen LogP contribution is -2.09. The number of nitrogens with zero attached hydrogens (tertiary/aromatic N) is 4. The van der Waals surface area contributed by atoms with Gasteiger partial charge in [-0.25, -0.2) is 4.68 Å². The van der Waals surface area contributed by atoms with E-state index in [-0.39, 0.29) is 0 Å². The van der Waals surface area contributed by atoms with Gasteiger partial charge in [0.2, 0.25) is 5.95 Å². The Labute approximate surface area is 179 Å². The molecule has 0 aliphatic rings. The van der Waals surface area contributed by atoms with Crippen molar-refractivity contribution >= 4 is 21.9 Å². The predicted molar refractivity (Wildman–Crippen MR) is 116 cm³/mol. The molecule has 0 radical (unpaired) electrons. The number of hydrogen-bond acceptors (Lipinski definition) is 6. The van der Waals surface area contributed by atoms with Crippen molar-refractivity contribution in [1.82, 2.24) is 20.2 Å². The number of rotatable bonds is 10. The lowest BCUT2D eigenvalue weighted by molar-refractivity contribution is 0.269. The van der Waals surface area contributed by atoms with Crippen LogP contribution >= 0.6 is 15.9 Å². The van der Waals surface area contributed by atoms with E-state index in [0.29, 0.717) is 37.2 Å². The summed E-state index contributed by atoms with van der Waals surface area (Å²) in [5, 5.41) is 15.1. The zero-order valence-corrected chi connectivity index (χ0v) is 18.6. The molecule has 1 N–H and O–H groups in total. The molecule has 154 valence electrons.